The van der Waals surface area contributed by atoms with Crippen LogP contribution in [0, 0.1) is 0 Å². The van der Waals surface area contributed by atoms with Crippen molar-refractivity contribution < 1.29 is 28.6 Å². The van der Waals surface area contributed by atoms with Crippen molar-refractivity contribution in [3.05, 3.63) is 53.0 Å². The largest absolute Gasteiger partial charge is 0.465 e. The predicted octanol–water partition coefficient (Wildman–Crippen LogP) is 1.96. The fraction of sp³-hybridized carbons (Fsp3) is 0.250. The summed E-state index contributed by atoms with van der Waals surface area (Å²) in [5.41, 5.74) is 0.623. The molecule has 0 amide bonds. The molecule has 0 aliphatic rings. The molecule has 2 rings (SSSR count). The maximum absolute atomic E-state index is 12.0. The average molecular weight is 319 g/mol. The van der Waals surface area contributed by atoms with Gasteiger partial charge in [-0.1, -0.05) is 6.07 Å². The fourth-order valence-corrected chi connectivity index (χ4v) is 2.09. The number of furan rings is 1. The van der Waals surface area contributed by atoms with E-state index in [9.17, 15) is 9.59 Å². The van der Waals surface area contributed by atoms with E-state index < -0.39 is 11.9 Å². The van der Waals surface area contributed by atoms with E-state index >= 15 is 0 Å². The minimum absolute atomic E-state index is 0.0933. The third-order valence-electron chi connectivity index (χ3n) is 3.19. The van der Waals surface area contributed by atoms with Gasteiger partial charge in [-0.25, -0.2) is 9.59 Å². The molecule has 122 valence electrons. The van der Waals surface area contributed by atoms with Crippen LogP contribution in [0.1, 0.15) is 32.2 Å². The number of carbonyl (C=O) groups excluding carboxylic acids is 2. The zero-order valence-corrected chi connectivity index (χ0v) is 12.8. The van der Waals surface area contributed by atoms with Gasteiger partial charge in [-0.05, 0) is 24.3 Å². The summed E-state index contributed by atoms with van der Waals surface area (Å²) in [7, 11) is 2.48. The maximum Gasteiger partial charge on any atom is 0.340 e. The minimum atomic E-state index is -0.649. The first kappa shape index (κ1) is 16.6. The van der Waals surface area contributed by atoms with Crippen LogP contribution in [0.3, 0.4) is 0 Å². The van der Waals surface area contributed by atoms with Crippen LogP contribution in [-0.4, -0.2) is 31.3 Å². The number of methoxy groups -OCH3 is 2. The number of anilines is 1. The van der Waals surface area contributed by atoms with Gasteiger partial charge in [0.05, 0.1) is 31.9 Å². The molecule has 1 heterocycles. The molecule has 7 heteroatoms. The van der Waals surface area contributed by atoms with Crippen molar-refractivity contribution in [3.8, 4) is 0 Å². The first-order chi connectivity index (χ1) is 11.1. The molecule has 23 heavy (non-hydrogen) atoms. The molecule has 1 aromatic carbocycles. The number of nitrogens with one attached hydrogen (secondary N) is 1. The number of esters is 2. The van der Waals surface area contributed by atoms with Crippen molar-refractivity contribution in [1.82, 2.24) is 0 Å². The molecule has 7 nitrogen and oxygen atoms in total. The molecule has 2 aromatic rings. The van der Waals surface area contributed by atoms with Crippen molar-refractivity contribution in [1.29, 1.82) is 0 Å². The van der Waals surface area contributed by atoms with Gasteiger partial charge in [-0.3, -0.25) is 0 Å². The van der Waals surface area contributed by atoms with Crippen molar-refractivity contribution in [2.75, 3.05) is 19.5 Å². The Bertz CT molecular complexity index is 706. The fourth-order valence-electron chi connectivity index (χ4n) is 2.09. The van der Waals surface area contributed by atoms with E-state index in [1.165, 1.54) is 20.3 Å². The predicted molar refractivity (Wildman–Crippen MR) is 81.1 cm³/mol. The van der Waals surface area contributed by atoms with Crippen LogP contribution in [0.5, 0.6) is 0 Å². The summed E-state index contributed by atoms with van der Waals surface area (Å²) in [4.78, 5) is 23.8. The van der Waals surface area contributed by atoms with Crippen LogP contribution in [0.4, 0.5) is 5.69 Å². The third-order valence-corrected chi connectivity index (χ3v) is 3.19. The zero-order chi connectivity index (χ0) is 16.8. The summed E-state index contributed by atoms with van der Waals surface area (Å²) in [6.07, 6.45) is 0. The molecule has 0 saturated heterocycles. The summed E-state index contributed by atoms with van der Waals surface area (Å²) < 4.78 is 14.8. The van der Waals surface area contributed by atoms with Gasteiger partial charge in [-0.15, -0.1) is 0 Å². The Morgan fingerprint density at radius 1 is 1.09 bits per heavy atom. The highest BCUT2D eigenvalue weighted by Crippen LogP contribution is 2.23. The second kappa shape index (κ2) is 7.46. The van der Waals surface area contributed by atoms with Crippen molar-refractivity contribution in [2.24, 2.45) is 0 Å². The summed E-state index contributed by atoms with van der Waals surface area (Å²) in [6.45, 7) is 0.0832. The Hall–Kier alpha value is -2.80. The van der Waals surface area contributed by atoms with Gasteiger partial charge in [-0.2, -0.15) is 0 Å². The number of aliphatic hydroxyl groups excluding tert-OH is 1. The number of rotatable bonds is 6. The molecule has 1 aromatic heterocycles. The summed E-state index contributed by atoms with van der Waals surface area (Å²) in [5, 5.41) is 12.0. The molecule has 0 aliphatic carbocycles. The van der Waals surface area contributed by atoms with Crippen LogP contribution in [0.2, 0.25) is 0 Å². The Morgan fingerprint density at radius 2 is 1.78 bits per heavy atom. The van der Waals surface area contributed by atoms with Crippen LogP contribution in [-0.2, 0) is 22.6 Å². The van der Waals surface area contributed by atoms with E-state index in [-0.39, 0.29) is 24.3 Å². The lowest BCUT2D eigenvalue weighted by molar-refractivity contribution is 0.0556. The number of carbonyl (C=O) groups is 2. The quantitative estimate of drug-likeness (QED) is 0.785. The van der Waals surface area contributed by atoms with Gasteiger partial charge in [0.1, 0.15) is 18.1 Å². The van der Waals surface area contributed by atoms with Crippen molar-refractivity contribution in [3.63, 3.8) is 0 Å². The van der Waals surface area contributed by atoms with Crippen LogP contribution >= 0.6 is 0 Å². The van der Waals surface area contributed by atoms with Crippen molar-refractivity contribution >= 4 is 17.6 Å². The van der Waals surface area contributed by atoms with Gasteiger partial charge in [0.25, 0.3) is 0 Å². The van der Waals surface area contributed by atoms with Crippen LogP contribution in [0.25, 0.3) is 0 Å². The lowest BCUT2D eigenvalue weighted by atomic mass is 10.1. The summed E-state index contributed by atoms with van der Waals surface area (Å²) >= 11 is 0. The Morgan fingerprint density at radius 3 is 2.39 bits per heavy atom. The average Bonchev–Trinajstić information content (AvgIpc) is 3.06. The summed E-state index contributed by atoms with van der Waals surface area (Å²) in [6, 6.07) is 8.13. The van der Waals surface area contributed by atoms with Gasteiger partial charge in [0.15, 0.2) is 0 Å². The Kier molecular flexibility index (Phi) is 5.37. The lowest BCUT2D eigenvalue weighted by Crippen LogP contribution is -2.15. The molecule has 0 saturated carbocycles. The topological polar surface area (TPSA) is 98.0 Å². The number of hydrogen-bond donors (Lipinski definition) is 2. The SMILES string of the molecule is COC(=O)c1cccc(NCc2ccc(CO)o2)c1C(=O)OC. The molecule has 0 aliphatic heterocycles. The highest BCUT2D eigenvalue weighted by Gasteiger charge is 2.22. The lowest BCUT2D eigenvalue weighted by Gasteiger charge is -2.13. The number of hydrogen-bond acceptors (Lipinski definition) is 7. The number of benzene rings is 1. The zero-order valence-electron chi connectivity index (χ0n) is 12.8. The van der Waals surface area contributed by atoms with Gasteiger partial charge >= 0.3 is 11.9 Å². The molecule has 0 atom stereocenters. The monoisotopic (exact) mass is 319 g/mol. The smallest absolute Gasteiger partial charge is 0.340 e. The second-order valence-corrected chi connectivity index (χ2v) is 4.59. The first-order valence-corrected chi connectivity index (χ1v) is 6.82. The summed E-state index contributed by atoms with van der Waals surface area (Å²) in [5.74, 6) is -0.259. The highest BCUT2D eigenvalue weighted by atomic mass is 16.5. The molecule has 0 radical (unpaired) electrons. The second-order valence-electron chi connectivity index (χ2n) is 4.59. The van der Waals surface area contributed by atoms with E-state index in [1.807, 2.05) is 0 Å². The molecule has 0 spiro atoms. The van der Waals surface area contributed by atoms with Gasteiger partial charge in [0, 0.05) is 5.69 Å². The van der Waals surface area contributed by atoms with E-state index in [1.54, 1.807) is 24.3 Å². The molecule has 0 unspecified atom stereocenters. The standard InChI is InChI=1S/C16H17NO6/c1-21-15(19)12-4-3-5-13(14(12)16(20)22-2)17-8-10-6-7-11(9-18)23-10/h3-7,17-18H,8-9H2,1-2H3. The normalized spacial score (nSPS) is 10.2. The Balaban J connectivity index is 2.29. The van der Waals surface area contributed by atoms with E-state index in [0.717, 1.165) is 0 Å². The van der Waals surface area contributed by atoms with Gasteiger partial charge < -0.3 is 24.3 Å². The maximum atomic E-state index is 12.0. The number of ether oxygens (including phenoxy) is 2. The van der Waals surface area contributed by atoms with Crippen LogP contribution in [0.15, 0.2) is 34.7 Å². The molecule has 2 N–H and O–H groups in total. The van der Waals surface area contributed by atoms with Gasteiger partial charge in [0.2, 0.25) is 0 Å². The highest BCUT2D eigenvalue weighted by molar-refractivity contribution is 6.07. The van der Waals surface area contributed by atoms with E-state index in [2.05, 4.69) is 10.1 Å². The first-order valence-electron chi connectivity index (χ1n) is 6.82. The minimum Gasteiger partial charge on any atom is -0.465 e. The third kappa shape index (κ3) is 3.70. The van der Waals surface area contributed by atoms with Crippen molar-refractivity contribution in [2.45, 2.75) is 13.2 Å². The molecule has 0 bridgehead atoms. The van der Waals surface area contributed by atoms with E-state index in [0.29, 0.717) is 17.2 Å². The molecule has 0 fully saturated rings. The molecular weight excluding hydrogens is 302 g/mol. The van der Waals surface area contributed by atoms with E-state index in [4.69, 9.17) is 14.3 Å². The number of aliphatic hydroxyl groups is 1. The Labute approximate surface area is 132 Å². The molecular formula is C16H17NO6. The van der Waals surface area contributed by atoms with Crippen LogP contribution < -0.4 is 5.32 Å².